The standard InChI is InChI=1S/C17H17BrO3/c1-11-3-6-13(7-4-11)14(17(19)20)9-12-5-8-16(21-2)15(18)10-12/h3-8,10,14H,9H2,1-2H3,(H,19,20). The Balaban J connectivity index is 2.26. The molecule has 21 heavy (non-hydrogen) atoms. The maximum absolute atomic E-state index is 11.6. The van der Waals surface area contributed by atoms with Gasteiger partial charge in [0.25, 0.3) is 0 Å². The Labute approximate surface area is 132 Å². The van der Waals surface area contributed by atoms with Crippen molar-refractivity contribution in [1.29, 1.82) is 0 Å². The Bertz CT molecular complexity index is 635. The zero-order chi connectivity index (χ0) is 15.4. The van der Waals surface area contributed by atoms with Gasteiger partial charge in [0, 0.05) is 0 Å². The topological polar surface area (TPSA) is 46.5 Å². The molecule has 3 nitrogen and oxygen atoms in total. The number of methoxy groups -OCH3 is 1. The van der Waals surface area contributed by atoms with E-state index in [2.05, 4.69) is 15.9 Å². The van der Waals surface area contributed by atoms with Gasteiger partial charge in [-0.1, -0.05) is 35.9 Å². The van der Waals surface area contributed by atoms with Crippen LogP contribution in [0.3, 0.4) is 0 Å². The molecule has 0 spiro atoms. The van der Waals surface area contributed by atoms with E-state index < -0.39 is 11.9 Å². The fourth-order valence-corrected chi connectivity index (χ4v) is 2.81. The van der Waals surface area contributed by atoms with Crippen LogP contribution in [0.1, 0.15) is 22.6 Å². The van der Waals surface area contributed by atoms with Gasteiger partial charge >= 0.3 is 5.97 Å². The molecule has 0 fully saturated rings. The van der Waals surface area contributed by atoms with Crippen LogP contribution in [0, 0.1) is 6.92 Å². The normalized spacial score (nSPS) is 12.0. The maximum Gasteiger partial charge on any atom is 0.311 e. The van der Waals surface area contributed by atoms with E-state index in [9.17, 15) is 9.90 Å². The zero-order valence-electron chi connectivity index (χ0n) is 12.0. The quantitative estimate of drug-likeness (QED) is 0.881. The molecular formula is C17H17BrO3. The number of carboxylic acids is 1. The Hall–Kier alpha value is -1.81. The van der Waals surface area contributed by atoms with E-state index in [1.54, 1.807) is 7.11 Å². The minimum Gasteiger partial charge on any atom is -0.496 e. The highest BCUT2D eigenvalue weighted by Crippen LogP contribution is 2.28. The van der Waals surface area contributed by atoms with Crippen molar-refractivity contribution in [2.24, 2.45) is 0 Å². The lowest BCUT2D eigenvalue weighted by molar-refractivity contribution is -0.138. The van der Waals surface area contributed by atoms with Crippen molar-refractivity contribution >= 4 is 21.9 Å². The molecule has 0 heterocycles. The van der Waals surface area contributed by atoms with Gasteiger partial charge in [-0.3, -0.25) is 4.79 Å². The van der Waals surface area contributed by atoms with Gasteiger partial charge in [0.1, 0.15) is 5.75 Å². The van der Waals surface area contributed by atoms with Crippen LogP contribution >= 0.6 is 15.9 Å². The summed E-state index contributed by atoms with van der Waals surface area (Å²) in [4.78, 5) is 11.6. The monoisotopic (exact) mass is 348 g/mol. The number of hydrogen-bond acceptors (Lipinski definition) is 2. The highest BCUT2D eigenvalue weighted by atomic mass is 79.9. The van der Waals surface area contributed by atoms with Crippen LogP contribution in [0.25, 0.3) is 0 Å². The van der Waals surface area contributed by atoms with Crippen LogP contribution in [0.15, 0.2) is 46.9 Å². The SMILES string of the molecule is COc1ccc(CC(C(=O)O)c2ccc(C)cc2)cc1Br. The number of aryl methyl sites for hydroxylation is 1. The minimum absolute atomic E-state index is 0.445. The molecule has 0 bridgehead atoms. The third-order valence-electron chi connectivity index (χ3n) is 3.43. The van der Waals surface area contributed by atoms with Gasteiger partial charge in [-0.2, -0.15) is 0 Å². The summed E-state index contributed by atoms with van der Waals surface area (Å²) in [5.74, 6) is -0.627. The second kappa shape index (κ2) is 6.76. The van der Waals surface area contributed by atoms with Gasteiger partial charge in [0.2, 0.25) is 0 Å². The van der Waals surface area contributed by atoms with Crippen molar-refractivity contribution in [3.05, 3.63) is 63.6 Å². The lowest BCUT2D eigenvalue weighted by Crippen LogP contribution is -2.14. The number of hydrogen-bond donors (Lipinski definition) is 1. The molecule has 2 aromatic carbocycles. The molecule has 0 radical (unpaired) electrons. The molecule has 1 unspecified atom stereocenters. The summed E-state index contributed by atoms with van der Waals surface area (Å²) in [5.41, 5.74) is 2.89. The lowest BCUT2D eigenvalue weighted by Gasteiger charge is -2.14. The summed E-state index contributed by atoms with van der Waals surface area (Å²) in [6.45, 7) is 1.99. The number of rotatable bonds is 5. The summed E-state index contributed by atoms with van der Waals surface area (Å²) in [7, 11) is 1.60. The predicted octanol–water partition coefficient (Wildman–Crippen LogP) is 4.18. The number of carboxylic acid groups (broad SMARTS) is 1. The molecule has 4 heteroatoms. The Morgan fingerprint density at radius 1 is 1.24 bits per heavy atom. The van der Waals surface area contributed by atoms with Gasteiger partial charge in [-0.05, 0) is 52.5 Å². The van der Waals surface area contributed by atoms with Crippen molar-refractivity contribution < 1.29 is 14.6 Å². The summed E-state index contributed by atoms with van der Waals surface area (Å²) < 4.78 is 6.02. The van der Waals surface area contributed by atoms with E-state index in [1.165, 1.54) is 0 Å². The van der Waals surface area contributed by atoms with Crippen molar-refractivity contribution in [2.75, 3.05) is 7.11 Å². The molecular weight excluding hydrogens is 332 g/mol. The average Bonchev–Trinajstić information content (AvgIpc) is 2.46. The zero-order valence-corrected chi connectivity index (χ0v) is 13.6. The van der Waals surface area contributed by atoms with Crippen molar-refractivity contribution in [2.45, 2.75) is 19.3 Å². The van der Waals surface area contributed by atoms with E-state index in [-0.39, 0.29) is 0 Å². The molecule has 0 aliphatic heterocycles. The first-order valence-electron chi connectivity index (χ1n) is 6.63. The van der Waals surface area contributed by atoms with Crippen LogP contribution in [-0.4, -0.2) is 18.2 Å². The Kier molecular flexibility index (Phi) is 5.02. The number of aliphatic carboxylic acids is 1. The van der Waals surface area contributed by atoms with Gasteiger partial charge < -0.3 is 9.84 Å². The van der Waals surface area contributed by atoms with Gasteiger partial charge in [0.15, 0.2) is 0 Å². The third-order valence-corrected chi connectivity index (χ3v) is 4.05. The fourth-order valence-electron chi connectivity index (χ4n) is 2.22. The van der Waals surface area contributed by atoms with Crippen molar-refractivity contribution in [3.63, 3.8) is 0 Å². The van der Waals surface area contributed by atoms with Crippen molar-refractivity contribution in [1.82, 2.24) is 0 Å². The van der Waals surface area contributed by atoms with Crippen LogP contribution in [-0.2, 0) is 11.2 Å². The largest absolute Gasteiger partial charge is 0.496 e. The molecule has 0 amide bonds. The van der Waals surface area contributed by atoms with Crippen LogP contribution in [0.5, 0.6) is 5.75 Å². The van der Waals surface area contributed by atoms with E-state index in [1.807, 2.05) is 49.4 Å². The summed E-state index contributed by atoms with van der Waals surface area (Å²) in [6, 6.07) is 13.3. The molecule has 2 aromatic rings. The maximum atomic E-state index is 11.6. The van der Waals surface area contributed by atoms with Gasteiger partial charge in [-0.25, -0.2) is 0 Å². The Morgan fingerprint density at radius 3 is 2.43 bits per heavy atom. The Morgan fingerprint density at radius 2 is 1.90 bits per heavy atom. The molecule has 0 aliphatic carbocycles. The van der Waals surface area contributed by atoms with E-state index in [0.29, 0.717) is 6.42 Å². The smallest absolute Gasteiger partial charge is 0.311 e. The van der Waals surface area contributed by atoms with E-state index in [0.717, 1.165) is 26.9 Å². The van der Waals surface area contributed by atoms with E-state index in [4.69, 9.17) is 4.74 Å². The number of carbonyl (C=O) groups is 1. The first kappa shape index (κ1) is 15.6. The minimum atomic E-state index is -0.814. The average molecular weight is 349 g/mol. The number of benzene rings is 2. The molecule has 0 saturated heterocycles. The van der Waals surface area contributed by atoms with Crippen LogP contribution < -0.4 is 4.74 Å². The molecule has 2 rings (SSSR count). The predicted molar refractivity (Wildman–Crippen MR) is 86.0 cm³/mol. The third kappa shape index (κ3) is 3.85. The second-order valence-corrected chi connectivity index (χ2v) is 5.83. The molecule has 110 valence electrons. The highest BCUT2D eigenvalue weighted by Gasteiger charge is 2.20. The highest BCUT2D eigenvalue weighted by molar-refractivity contribution is 9.10. The molecule has 1 N–H and O–H groups in total. The van der Waals surface area contributed by atoms with Crippen LogP contribution in [0.2, 0.25) is 0 Å². The molecule has 0 aromatic heterocycles. The molecule has 0 aliphatic rings. The molecule has 0 saturated carbocycles. The lowest BCUT2D eigenvalue weighted by atomic mass is 9.91. The van der Waals surface area contributed by atoms with Crippen LogP contribution in [0.4, 0.5) is 0 Å². The van der Waals surface area contributed by atoms with Gasteiger partial charge in [0.05, 0.1) is 17.5 Å². The second-order valence-electron chi connectivity index (χ2n) is 4.97. The van der Waals surface area contributed by atoms with Crippen molar-refractivity contribution in [3.8, 4) is 5.75 Å². The summed E-state index contributed by atoms with van der Waals surface area (Å²) in [6.07, 6.45) is 0.445. The number of halogens is 1. The molecule has 1 atom stereocenters. The number of ether oxygens (including phenoxy) is 1. The first-order valence-corrected chi connectivity index (χ1v) is 7.42. The fraction of sp³-hybridized carbons (Fsp3) is 0.235. The summed E-state index contributed by atoms with van der Waals surface area (Å²) in [5, 5.41) is 9.49. The first-order chi connectivity index (χ1) is 10.0. The van der Waals surface area contributed by atoms with E-state index >= 15 is 0 Å². The van der Waals surface area contributed by atoms with Gasteiger partial charge in [-0.15, -0.1) is 0 Å². The summed E-state index contributed by atoms with van der Waals surface area (Å²) >= 11 is 3.43.